The van der Waals surface area contributed by atoms with Gasteiger partial charge in [0.05, 0.1) is 0 Å². The Bertz CT molecular complexity index is 316. The van der Waals surface area contributed by atoms with Crippen LogP contribution in [-0.4, -0.2) is 41.0 Å². The van der Waals surface area contributed by atoms with Crippen LogP contribution in [0.25, 0.3) is 0 Å². The summed E-state index contributed by atoms with van der Waals surface area (Å²) in [6.45, 7) is 0.451. The monoisotopic (exact) mass is 267 g/mol. The van der Waals surface area contributed by atoms with Crippen molar-refractivity contribution in [3.8, 4) is 0 Å². The second kappa shape index (κ2) is 7.39. The lowest BCUT2D eigenvalue weighted by atomic mass is 10.1. The van der Waals surface area contributed by atoms with Crippen LogP contribution in [0.15, 0.2) is 0 Å². The molecule has 0 aromatic rings. The van der Waals surface area contributed by atoms with E-state index in [2.05, 4.69) is 5.32 Å². The molecule has 9 heteroatoms. The molecule has 0 rings (SSSR count). The zero-order valence-corrected chi connectivity index (χ0v) is 10.4. The van der Waals surface area contributed by atoms with Gasteiger partial charge in [0.2, 0.25) is 5.91 Å². The number of carbonyl (C=O) groups excluding carboxylic acids is 2. The third-order valence-corrected chi connectivity index (χ3v) is 2.73. The van der Waals surface area contributed by atoms with E-state index in [1.807, 2.05) is 5.32 Å². The molecule has 0 saturated heterocycles. The topological polar surface area (TPSA) is 142 Å². The highest BCUT2D eigenvalue weighted by Gasteiger charge is 2.30. The fourth-order valence-corrected chi connectivity index (χ4v) is 1.49. The van der Waals surface area contributed by atoms with Crippen molar-refractivity contribution in [1.82, 2.24) is 10.6 Å². The lowest BCUT2D eigenvalue weighted by molar-refractivity contribution is -0.122. The third-order valence-electron chi connectivity index (χ3n) is 2.07. The highest BCUT2D eigenvalue weighted by Crippen LogP contribution is 2.35. The molecule has 0 radical (unpaired) electrons. The van der Waals surface area contributed by atoms with E-state index in [-0.39, 0.29) is 6.42 Å². The van der Waals surface area contributed by atoms with Gasteiger partial charge in [-0.1, -0.05) is 0 Å². The predicted octanol–water partition coefficient (Wildman–Crippen LogP) is -0.883. The molecule has 2 amide bonds. The third kappa shape index (κ3) is 6.38. The molecular formula is C8H18N3O5P. The summed E-state index contributed by atoms with van der Waals surface area (Å²) < 4.78 is 10.6. The molecule has 0 aromatic carbocycles. The molecular weight excluding hydrogens is 249 g/mol. The maximum atomic E-state index is 11.4. The van der Waals surface area contributed by atoms with Crippen molar-refractivity contribution < 1.29 is 23.9 Å². The van der Waals surface area contributed by atoms with Gasteiger partial charge in [-0.3, -0.25) is 9.59 Å². The van der Waals surface area contributed by atoms with Crippen molar-refractivity contribution >= 4 is 19.2 Å². The van der Waals surface area contributed by atoms with Crippen LogP contribution in [0.1, 0.15) is 19.3 Å². The van der Waals surface area contributed by atoms with Gasteiger partial charge in [0.15, 0.2) is 0 Å². The molecule has 1 unspecified atom stereocenters. The van der Waals surface area contributed by atoms with Crippen molar-refractivity contribution in [1.29, 1.82) is 0 Å². The average Bonchev–Trinajstić information content (AvgIpc) is 2.25. The molecule has 0 bridgehead atoms. The lowest BCUT2D eigenvalue weighted by Crippen LogP contribution is -2.45. The molecule has 6 N–H and O–H groups in total. The summed E-state index contributed by atoms with van der Waals surface area (Å²) in [5, 5.41) is 4.32. The standard InChI is InChI=1S/C8H18N3O5P/c1-10-7(12)6(4-2-3-5-9)11-8(13)17(14,15)16/h6H,2-5,9H2,1H3,(H,10,12)(H,11,13)(H2,14,15,16). The molecule has 0 aliphatic rings. The van der Waals surface area contributed by atoms with Gasteiger partial charge in [-0.25, -0.2) is 4.57 Å². The second-order valence-corrected chi connectivity index (χ2v) is 4.94. The maximum absolute atomic E-state index is 11.4. The van der Waals surface area contributed by atoms with Crippen LogP contribution in [0, 0.1) is 0 Å². The van der Waals surface area contributed by atoms with Gasteiger partial charge in [0.25, 0.3) is 0 Å². The zero-order valence-electron chi connectivity index (χ0n) is 9.55. The number of rotatable bonds is 7. The van der Waals surface area contributed by atoms with Gasteiger partial charge in [-0.2, -0.15) is 0 Å². The van der Waals surface area contributed by atoms with Crippen molar-refractivity contribution in [3.63, 3.8) is 0 Å². The highest BCUT2D eigenvalue weighted by molar-refractivity contribution is 7.69. The van der Waals surface area contributed by atoms with Crippen LogP contribution in [0.2, 0.25) is 0 Å². The van der Waals surface area contributed by atoms with E-state index in [0.717, 1.165) is 0 Å². The first-order chi connectivity index (χ1) is 7.82. The van der Waals surface area contributed by atoms with Crippen LogP contribution < -0.4 is 16.4 Å². The fourth-order valence-electron chi connectivity index (χ4n) is 1.17. The van der Waals surface area contributed by atoms with Crippen molar-refractivity contribution in [3.05, 3.63) is 0 Å². The Morgan fingerprint density at radius 2 is 1.94 bits per heavy atom. The number of hydrogen-bond donors (Lipinski definition) is 5. The molecule has 0 aliphatic heterocycles. The normalized spacial score (nSPS) is 12.9. The molecule has 0 spiro atoms. The Hall–Kier alpha value is -0.950. The Labute approximate surface area is 99.1 Å². The molecule has 0 heterocycles. The van der Waals surface area contributed by atoms with Gasteiger partial charge < -0.3 is 26.2 Å². The largest absolute Gasteiger partial charge is 0.413 e. The average molecular weight is 267 g/mol. The minimum atomic E-state index is -4.85. The Morgan fingerprint density at radius 3 is 2.35 bits per heavy atom. The van der Waals surface area contributed by atoms with E-state index >= 15 is 0 Å². The molecule has 100 valence electrons. The summed E-state index contributed by atoms with van der Waals surface area (Å²) in [5.41, 5.74) is 3.84. The van der Waals surface area contributed by atoms with Gasteiger partial charge in [-0.05, 0) is 25.8 Å². The Balaban J connectivity index is 4.44. The minimum Gasteiger partial charge on any atom is -0.357 e. The lowest BCUT2D eigenvalue weighted by Gasteiger charge is -2.17. The van der Waals surface area contributed by atoms with Gasteiger partial charge in [0, 0.05) is 7.05 Å². The summed E-state index contributed by atoms with van der Waals surface area (Å²) >= 11 is 0. The number of amides is 2. The van der Waals surface area contributed by atoms with Crippen molar-refractivity contribution in [2.45, 2.75) is 25.3 Å². The number of carbonyl (C=O) groups is 2. The van der Waals surface area contributed by atoms with Crippen LogP contribution in [0.4, 0.5) is 4.79 Å². The first-order valence-electron chi connectivity index (χ1n) is 5.11. The highest BCUT2D eigenvalue weighted by atomic mass is 31.2. The Morgan fingerprint density at radius 1 is 1.35 bits per heavy atom. The molecule has 0 fully saturated rings. The molecule has 0 aliphatic carbocycles. The first-order valence-corrected chi connectivity index (χ1v) is 6.72. The molecule has 0 saturated carbocycles. The summed E-state index contributed by atoms with van der Waals surface area (Å²) in [6.07, 6.45) is 1.53. The summed E-state index contributed by atoms with van der Waals surface area (Å²) in [4.78, 5) is 39.6. The second-order valence-electron chi connectivity index (χ2n) is 3.44. The SMILES string of the molecule is CNC(=O)C(CCCCN)NC(=O)P(=O)(O)O. The van der Waals surface area contributed by atoms with Crippen LogP contribution >= 0.6 is 7.60 Å². The number of unbranched alkanes of at least 4 members (excludes halogenated alkanes) is 1. The van der Waals surface area contributed by atoms with Crippen LogP contribution in [-0.2, 0) is 9.36 Å². The van der Waals surface area contributed by atoms with Crippen LogP contribution in [0.3, 0.4) is 0 Å². The quantitative estimate of drug-likeness (QED) is 0.299. The van der Waals surface area contributed by atoms with Gasteiger partial charge in [0.1, 0.15) is 6.04 Å². The number of nitrogens with one attached hydrogen (secondary N) is 2. The smallest absolute Gasteiger partial charge is 0.357 e. The summed E-state index contributed by atoms with van der Waals surface area (Å²) in [6, 6.07) is -0.952. The first kappa shape index (κ1) is 16.1. The molecule has 0 aromatic heterocycles. The number of nitrogens with two attached hydrogens (primary N) is 1. The van der Waals surface area contributed by atoms with Crippen molar-refractivity contribution in [2.75, 3.05) is 13.6 Å². The zero-order chi connectivity index (χ0) is 13.5. The summed E-state index contributed by atoms with van der Waals surface area (Å²) in [7, 11) is -3.48. The summed E-state index contributed by atoms with van der Waals surface area (Å²) in [5.74, 6) is -0.496. The fraction of sp³-hybridized carbons (Fsp3) is 0.750. The van der Waals surface area contributed by atoms with E-state index in [4.69, 9.17) is 15.5 Å². The predicted molar refractivity (Wildman–Crippen MR) is 61.3 cm³/mol. The van der Waals surface area contributed by atoms with E-state index in [0.29, 0.717) is 19.4 Å². The maximum Gasteiger partial charge on any atom is 0.413 e. The van der Waals surface area contributed by atoms with Crippen molar-refractivity contribution in [2.24, 2.45) is 5.73 Å². The molecule has 1 atom stereocenters. The molecule has 17 heavy (non-hydrogen) atoms. The molecule has 8 nitrogen and oxygen atoms in total. The number of likely N-dealkylation sites (N-methyl/N-ethyl adjacent to an activating group) is 1. The minimum absolute atomic E-state index is 0.280. The van der Waals surface area contributed by atoms with E-state index < -0.39 is 25.2 Å². The van der Waals surface area contributed by atoms with E-state index in [1.54, 1.807) is 0 Å². The van der Waals surface area contributed by atoms with Gasteiger partial charge >= 0.3 is 13.2 Å². The Kier molecular flexibility index (Phi) is 6.98. The van der Waals surface area contributed by atoms with Crippen LogP contribution in [0.5, 0.6) is 0 Å². The number of hydrogen-bond acceptors (Lipinski definition) is 4. The van der Waals surface area contributed by atoms with E-state index in [1.165, 1.54) is 7.05 Å². The van der Waals surface area contributed by atoms with E-state index in [9.17, 15) is 14.2 Å². The van der Waals surface area contributed by atoms with Gasteiger partial charge in [-0.15, -0.1) is 0 Å².